The SMILES string of the molecule is COc1ccnc(C(=O)N[C@@H](C)C(=O)OC(C)c2ccc(C3CCCCC3)cc2)c1OC(C)=O. The maximum Gasteiger partial charge on any atom is 0.328 e. The number of hydrogen-bond acceptors (Lipinski definition) is 7. The first-order valence-electron chi connectivity index (χ1n) is 11.6. The van der Waals surface area contributed by atoms with Gasteiger partial charge in [-0.3, -0.25) is 9.59 Å². The van der Waals surface area contributed by atoms with Crippen molar-refractivity contribution in [3.63, 3.8) is 0 Å². The number of nitrogens with zero attached hydrogens (tertiary/aromatic N) is 1. The molecule has 1 aromatic carbocycles. The summed E-state index contributed by atoms with van der Waals surface area (Å²) in [5.74, 6) is -1.23. The molecule has 1 fully saturated rings. The van der Waals surface area contributed by atoms with Gasteiger partial charge in [0.25, 0.3) is 5.91 Å². The normalized spacial score (nSPS) is 15.6. The van der Waals surface area contributed by atoms with Crippen molar-refractivity contribution in [1.29, 1.82) is 0 Å². The van der Waals surface area contributed by atoms with Crippen molar-refractivity contribution in [3.05, 3.63) is 53.3 Å². The van der Waals surface area contributed by atoms with Crippen LogP contribution >= 0.6 is 0 Å². The summed E-state index contributed by atoms with van der Waals surface area (Å²) in [5.41, 5.74) is 2.05. The minimum atomic E-state index is -0.949. The van der Waals surface area contributed by atoms with Gasteiger partial charge >= 0.3 is 11.9 Å². The molecule has 1 saturated carbocycles. The molecule has 1 N–H and O–H groups in total. The number of pyridine rings is 1. The average molecular weight is 469 g/mol. The molecule has 1 aromatic heterocycles. The summed E-state index contributed by atoms with van der Waals surface area (Å²) in [6.45, 7) is 4.52. The molecule has 1 aliphatic carbocycles. The van der Waals surface area contributed by atoms with Crippen LogP contribution in [0.3, 0.4) is 0 Å². The third-order valence-electron chi connectivity index (χ3n) is 6.03. The van der Waals surface area contributed by atoms with E-state index in [4.69, 9.17) is 14.2 Å². The van der Waals surface area contributed by atoms with Crippen LogP contribution in [0.1, 0.15) is 86.5 Å². The molecule has 1 unspecified atom stereocenters. The number of nitrogens with one attached hydrogen (secondary N) is 1. The molecule has 182 valence electrons. The number of rotatable bonds is 8. The van der Waals surface area contributed by atoms with Crippen LogP contribution in [0.4, 0.5) is 0 Å². The van der Waals surface area contributed by atoms with Crippen molar-refractivity contribution in [2.75, 3.05) is 7.11 Å². The first-order valence-corrected chi connectivity index (χ1v) is 11.6. The molecule has 0 spiro atoms. The van der Waals surface area contributed by atoms with Gasteiger partial charge in [-0.05, 0) is 43.7 Å². The highest BCUT2D eigenvalue weighted by Gasteiger charge is 2.26. The molecule has 0 aliphatic heterocycles. The van der Waals surface area contributed by atoms with Gasteiger partial charge in [0.05, 0.1) is 7.11 Å². The van der Waals surface area contributed by atoms with Crippen molar-refractivity contribution in [1.82, 2.24) is 10.3 Å². The van der Waals surface area contributed by atoms with Crippen molar-refractivity contribution in [2.24, 2.45) is 0 Å². The zero-order valence-corrected chi connectivity index (χ0v) is 20.1. The minimum Gasteiger partial charge on any atom is -0.493 e. The van der Waals surface area contributed by atoms with Crippen LogP contribution in [0.15, 0.2) is 36.5 Å². The Morgan fingerprint density at radius 1 is 1.03 bits per heavy atom. The Hall–Kier alpha value is -3.42. The summed E-state index contributed by atoms with van der Waals surface area (Å²) in [4.78, 5) is 40.8. The van der Waals surface area contributed by atoms with E-state index in [9.17, 15) is 14.4 Å². The lowest BCUT2D eigenvalue weighted by Gasteiger charge is -2.23. The predicted octanol–water partition coefficient (Wildman–Crippen LogP) is 4.49. The molecule has 1 heterocycles. The number of aromatic nitrogens is 1. The van der Waals surface area contributed by atoms with Crippen LogP contribution < -0.4 is 14.8 Å². The molecule has 2 atom stereocenters. The van der Waals surface area contributed by atoms with Crippen LogP contribution in [0.2, 0.25) is 0 Å². The Morgan fingerprint density at radius 2 is 1.71 bits per heavy atom. The molecule has 1 aliphatic rings. The summed E-state index contributed by atoms with van der Waals surface area (Å²) in [5, 5.41) is 2.55. The molecule has 0 saturated heterocycles. The van der Waals surface area contributed by atoms with E-state index in [0.717, 1.165) is 5.56 Å². The topological polar surface area (TPSA) is 104 Å². The van der Waals surface area contributed by atoms with Gasteiger partial charge in [-0.2, -0.15) is 0 Å². The molecule has 3 rings (SSSR count). The Labute approximate surface area is 200 Å². The van der Waals surface area contributed by atoms with Crippen molar-refractivity contribution in [2.45, 2.75) is 70.9 Å². The third kappa shape index (κ3) is 6.34. The highest BCUT2D eigenvalue weighted by atomic mass is 16.6. The fourth-order valence-electron chi connectivity index (χ4n) is 4.14. The van der Waals surface area contributed by atoms with E-state index in [1.807, 2.05) is 12.1 Å². The number of ether oxygens (including phenoxy) is 3. The molecule has 1 amide bonds. The van der Waals surface area contributed by atoms with Crippen molar-refractivity contribution >= 4 is 17.8 Å². The number of carbonyl (C=O) groups is 3. The van der Waals surface area contributed by atoms with E-state index in [2.05, 4.69) is 22.4 Å². The van der Waals surface area contributed by atoms with Gasteiger partial charge in [-0.1, -0.05) is 43.5 Å². The molecule has 34 heavy (non-hydrogen) atoms. The molecule has 8 nitrogen and oxygen atoms in total. The smallest absolute Gasteiger partial charge is 0.328 e. The number of amides is 1. The van der Waals surface area contributed by atoms with E-state index < -0.39 is 30.0 Å². The van der Waals surface area contributed by atoms with Gasteiger partial charge in [0.1, 0.15) is 12.1 Å². The van der Waals surface area contributed by atoms with Crippen LogP contribution in [-0.4, -0.2) is 36.0 Å². The Balaban J connectivity index is 1.61. The fourth-order valence-corrected chi connectivity index (χ4v) is 4.14. The standard InChI is InChI=1S/C26H32N2O6/c1-16(28-25(30)23-24(34-18(3)29)22(32-4)14-15-27-23)26(31)33-17(2)19-10-12-21(13-11-19)20-8-6-5-7-9-20/h10-17,20H,5-9H2,1-4H3,(H,28,30)/t16-,17?/m0/s1. The predicted molar refractivity (Wildman–Crippen MR) is 126 cm³/mol. The van der Waals surface area contributed by atoms with Crippen LogP contribution in [0, 0.1) is 0 Å². The van der Waals surface area contributed by atoms with Crippen molar-refractivity contribution < 1.29 is 28.6 Å². The van der Waals surface area contributed by atoms with Crippen LogP contribution in [0.25, 0.3) is 0 Å². The molecule has 2 aromatic rings. The largest absolute Gasteiger partial charge is 0.493 e. The fraction of sp³-hybridized carbons (Fsp3) is 0.462. The number of esters is 2. The van der Waals surface area contributed by atoms with E-state index in [1.54, 1.807) is 6.92 Å². The van der Waals surface area contributed by atoms with Gasteiger partial charge in [0.2, 0.25) is 5.75 Å². The van der Waals surface area contributed by atoms with Gasteiger partial charge < -0.3 is 19.5 Å². The highest BCUT2D eigenvalue weighted by Crippen LogP contribution is 2.33. The first-order chi connectivity index (χ1) is 16.3. The van der Waals surface area contributed by atoms with E-state index in [0.29, 0.717) is 5.92 Å². The zero-order chi connectivity index (χ0) is 24.7. The summed E-state index contributed by atoms with van der Waals surface area (Å²) >= 11 is 0. The van der Waals surface area contributed by atoms with Crippen molar-refractivity contribution in [3.8, 4) is 11.5 Å². The van der Waals surface area contributed by atoms with Crippen LogP contribution in [-0.2, 0) is 14.3 Å². The summed E-state index contributed by atoms with van der Waals surface area (Å²) < 4.78 is 15.8. The molecule has 0 radical (unpaired) electrons. The van der Waals surface area contributed by atoms with Gasteiger partial charge in [0, 0.05) is 19.2 Å². The average Bonchev–Trinajstić information content (AvgIpc) is 2.84. The van der Waals surface area contributed by atoms with E-state index in [-0.39, 0.29) is 17.2 Å². The number of methoxy groups -OCH3 is 1. The van der Waals surface area contributed by atoms with E-state index in [1.165, 1.54) is 70.9 Å². The highest BCUT2D eigenvalue weighted by molar-refractivity contribution is 5.98. The lowest BCUT2D eigenvalue weighted by atomic mass is 9.84. The molecule has 0 bridgehead atoms. The van der Waals surface area contributed by atoms with E-state index >= 15 is 0 Å². The molecular weight excluding hydrogens is 436 g/mol. The third-order valence-corrected chi connectivity index (χ3v) is 6.03. The quantitative estimate of drug-likeness (QED) is 0.570. The van der Waals surface area contributed by atoms with Gasteiger partial charge in [-0.15, -0.1) is 0 Å². The minimum absolute atomic E-state index is 0.109. The Bertz CT molecular complexity index is 1010. The van der Waals surface area contributed by atoms with Gasteiger partial charge in [0.15, 0.2) is 11.4 Å². The maximum atomic E-state index is 12.7. The number of carbonyl (C=O) groups excluding carboxylic acids is 3. The zero-order valence-electron chi connectivity index (χ0n) is 20.1. The lowest BCUT2D eigenvalue weighted by Crippen LogP contribution is -2.40. The monoisotopic (exact) mass is 468 g/mol. The second kappa shape index (κ2) is 11.6. The maximum absolute atomic E-state index is 12.7. The summed E-state index contributed by atoms with van der Waals surface area (Å²) in [7, 11) is 1.38. The second-order valence-corrected chi connectivity index (χ2v) is 8.56. The van der Waals surface area contributed by atoms with Gasteiger partial charge in [-0.25, -0.2) is 9.78 Å². The molecule has 8 heteroatoms. The first kappa shape index (κ1) is 25.2. The number of benzene rings is 1. The summed E-state index contributed by atoms with van der Waals surface area (Å²) in [6.07, 6.45) is 7.19. The Kier molecular flexibility index (Phi) is 8.62. The Morgan fingerprint density at radius 3 is 2.32 bits per heavy atom. The number of hydrogen-bond donors (Lipinski definition) is 1. The second-order valence-electron chi connectivity index (χ2n) is 8.56. The lowest BCUT2D eigenvalue weighted by molar-refractivity contribution is -0.150. The summed E-state index contributed by atoms with van der Waals surface area (Å²) in [6, 6.07) is 8.74. The van der Waals surface area contributed by atoms with Crippen LogP contribution in [0.5, 0.6) is 11.5 Å². The molecular formula is C26H32N2O6.